The summed E-state index contributed by atoms with van der Waals surface area (Å²) in [5.41, 5.74) is 28.3. The molecule has 0 fully saturated rings. The third kappa shape index (κ3) is 7.34. The van der Waals surface area contributed by atoms with E-state index in [1.165, 1.54) is 35.4 Å². The summed E-state index contributed by atoms with van der Waals surface area (Å²) in [6.45, 7) is 15.6. The Bertz CT molecular complexity index is 1800. The Morgan fingerprint density at radius 1 is 0.400 bits per heavy atom. The van der Waals surface area contributed by atoms with Crippen LogP contribution in [-0.4, -0.2) is 43.8 Å². The number of phenols is 4. The summed E-state index contributed by atoms with van der Waals surface area (Å²) in [7, 11) is 0. The van der Waals surface area contributed by atoms with Crippen molar-refractivity contribution in [2.75, 3.05) is 0 Å². The Hall–Kier alpha value is -6.04. The molecule has 16 N–H and O–H groups in total. The van der Waals surface area contributed by atoms with Crippen LogP contribution in [0.25, 0.3) is 0 Å². The maximum atomic E-state index is 10.3. The van der Waals surface area contributed by atoms with Crippen LogP contribution in [0.2, 0.25) is 0 Å². The van der Waals surface area contributed by atoms with E-state index in [0.717, 1.165) is 22.3 Å². The molecular formula is C38H48N8O4. The number of nitrogens with one attached hydrogen (secondary N) is 4. The lowest BCUT2D eigenvalue weighted by Crippen LogP contribution is -2.25. The third-order valence-corrected chi connectivity index (χ3v) is 9.25. The van der Waals surface area contributed by atoms with Crippen molar-refractivity contribution in [3.8, 4) is 23.0 Å². The molecule has 4 aromatic carbocycles. The van der Waals surface area contributed by atoms with E-state index >= 15 is 0 Å². The first-order valence-corrected chi connectivity index (χ1v) is 15.7. The van der Waals surface area contributed by atoms with Gasteiger partial charge in [-0.2, -0.15) is 0 Å². The average Bonchev–Trinajstić information content (AvgIpc) is 3.01. The highest BCUT2D eigenvalue weighted by molar-refractivity contribution is 6.06. The van der Waals surface area contributed by atoms with E-state index in [0.29, 0.717) is 22.6 Å². The van der Waals surface area contributed by atoms with Gasteiger partial charge in [0.15, 0.2) is 0 Å². The van der Waals surface area contributed by atoms with Crippen molar-refractivity contribution in [3.63, 3.8) is 0 Å². The van der Waals surface area contributed by atoms with Gasteiger partial charge in [0, 0.05) is 10.8 Å². The molecular weight excluding hydrogens is 632 g/mol. The fourth-order valence-corrected chi connectivity index (χ4v) is 5.78. The second kappa shape index (κ2) is 13.8. The van der Waals surface area contributed by atoms with Crippen molar-refractivity contribution >= 4 is 23.3 Å². The topological polar surface area (TPSA) is 280 Å². The van der Waals surface area contributed by atoms with E-state index in [-0.39, 0.29) is 39.2 Å². The highest BCUT2D eigenvalue weighted by atomic mass is 16.3. The molecule has 0 radical (unpaired) electrons. The highest BCUT2D eigenvalue weighted by Crippen LogP contribution is 2.40. The molecule has 0 amide bonds. The summed E-state index contributed by atoms with van der Waals surface area (Å²) in [4.78, 5) is 0. The zero-order chi connectivity index (χ0) is 38.2. The van der Waals surface area contributed by atoms with Crippen LogP contribution in [-0.2, 0) is 10.8 Å². The minimum Gasteiger partial charge on any atom is -0.507 e. The summed E-state index contributed by atoms with van der Waals surface area (Å²) >= 11 is 0. The number of rotatable bonds is 8. The van der Waals surface area contributed by atoms with E-state index < -0.39 is 28.8 Å². The molecule has 0 atom stereocenters. The van der Waals surface area contributed by atoms with E-state index in [1.807, 2.05) is 52.0 Å². The molecule has 12 heteroatoms. The zero-order valence-electron chi connectivity index (χ0n) is 29.7. The quantitative estimate of drug-likeness (QED) is 0.0863. The van der Waals surface area contributed by atoms with Crippen LogP contribution in [0.3, 0.4) is 0 Å². The minimum atomic E-state index is -0.857. The second-order valence-electron chi connectivity index (χ2n) is 13.7. The summed E-state index contributed by atoms with van der Waals surface area (Å²) in [6.07, 6.45) is 0. The van der Waals surface area contributed by atoms with Gasteiger partial charge in [-0.15, -0.1) is 0 Å². The van der Waals surface area contributed by atoms with Gasteiger partial charge < -0.3 is 43.4 Å². The normalized spacial score (nSPS) is 11.4. The predicted octanol–water partition coefficient (Wildman–Crippen LogP) is 5.22. The van der Waals surface area contributed by atoms with Crippen LogP contribution >= 0.6 is 0 Å². The SMILES string of the molecule is CC(C)(c1cc(C(=N)N)c(O)c(C(=N)N)c1)c1cc(C(=N)N)c(O)c(C(=N)N)c1.Cc1cc(C(C)(C)c2cc(C)c(O)c(C)c2)cc(C)c1O. The van der Waals surface area contributed by atoms with Gasteiger partial charge in [-0.25, -0.2) is 0 Å². The minimum absolute atomic E-state index is 0.0122. The number of amidine groups is 4. The first kappa shape index (κ1) is 38.4. The lowest BCUT2D eigenvalue weighted by Gasteiger charge is -2.29. The summed E-state index contributed by atoms with van der Waals surface area (Å²) < 4.78 is 0. The number of phenolic OH excluding ortho intramolecular Hbond substituents is 4. The molecule has 0 heterocycles. The predicted molar refractivity (Wildman–Crippen MR) is 200 cm³/mol. The lowest BCUT2D eigenvalue weighted by molar-refractivity contribution is 0.464. The Labute approximate surface area is 292 Å². The zero-order valence-corrected chi connectivity index (χ0v) is 29.7. The molecule has 50 heavy (non-hydrogen) atoms. The van der Waals surface area contributed by atoms with Crippen molar-refractivity contribution in [1.29, 1.82) is 21.6 Å². The molecule has 264 valence electrons. The van der Waals surface area contributed by atoms with Crippen LogP contribution in [0.5, 0.6) is 23.0 Å². The Kier molecular flexibility index (Phi) is 10.6. The molecule has 0 saturated heterocycles. The molecule has 0 aliphatic rings. The number of nitrogens with two attached hydrogens (primary N) is 4. The van der Waals surface area contributed by atoms with Gasteiger partial charge in [-0.1, -0.05) is 52.0 Å². The van der Waals surface area contributed by atoms with Crippen molar-refractivity contribution in [2.45, 2.75) is 66.2 Å². The van der Waals surface area contributed by atoms with Crippen LogP contribution in [0, 0.1) is 49.3 Å². The van der Waals surface area contributed by atoms with Gasteiger partial charge in [-0.3, -0.25) is 21.6 Å². The van der Waals surface area contributed by atoms with Crippen molar-refractivity contribution < 1.29 is 20.4 Å². The molecule has 0 bridgehead atoms. The van der Waals surface area contributed by atoms with Gasteiger partial charge >= 0.3 is 0 Å². The van der Waals surface area contributed by atoms with E-state index in [9.17, 15) is 20.4 Å². The fourth-order valence-electron chi connectivity index (χ4n) is 5.78. The number of benzene rings is 4. The van der Waals surface area contributed by atoms with Crippen molar-refractivity contribution in [2.24, 2.45) is 22.9 Å². The molecule has 0 saturated carbocycles. The summed E-state index contributed by atoms with van der Waals surface area (Å²) in [5.74, 6) is -1.61. The molecule has 0 aliphatic carbocycles. The Balaban J connectivity index is 0.000000284. The average molecular weight is 681 g/mol. The fraction of sp³-hybridized carbons (Fsp3) is 0.263. The standard InChI is InChI=1S/C19H24N8O2.C19H24O2/c1-19(2,7-3-9(15(20)21)13(28)10(4-7)16(22)23)8-5-11(17(24)25)14(29)12(6-8)18(26)27;1-11-7-15(8-12(2)17(11)20)19(5,6)16-9-13(3)18(21)14(4)10-16/h3-6,28-29H,1-2H3,(H3,20,21)(H3,22,23)(H3,24,25)(H3,26,27);7-10,20-21H,1-6H3. The van der Waals surface area contributed by atoms with Gasteiger partial charge in [0.2, 0.25) is 0 Å². The molecule has 0 aromatic heterocycles. The Morgan fingerprint density at radius 2 is 0.580 bits per heavy atom. The maximum Gasteiger partial charge on any atom is 0.137 e. The van der Waals surface area contributed by atoms with Gasteiger partial charge in [0.1, 0.15) is 46.3 Å². The number of hydrogen-bond acceptors (Lipinski definition) is 8. The van der Waals surface area contributed by atoms with Crippen LogP contribution in [0.1, 0.15) is 94.5 Å². The number of nitrogen functional groups attached to an aromatic ring is 4. The van der Waals surface area contributed by atoms with Crippen molar-refractivity contribution in [1.82, 2.24) is 0 Å². The monoisotopic (exact) mass is 680 g/mol. The first-order chi connectivity index (χ1) is 22.9. The van der Waals surface area contributed by atoms with E-state index in [2.05, 4.69) is 13.8 Å². The van der Waals surface area contributed by atoms with Crippen LogP contribution in [0.4, 0.5) is 0 Å². The number of aryl methyl sites for hydroxylation is 4. The molecule has 0 aliphatic heterocycles. The highest BCUT2D eigenvalue weighted by Gasteiger charge is 2.30. The van der Waals surface area contributed by atoms with Crippen LogP contribution < -0.4 is 22.9 Å². The largest absolute Gasteiger partial charge is 0.507 e. The van der Waals surface area contributed by atoms with E-state index in [1.54, 1.807) is 13.8 Å². The molecule has 4 aromatic rings. The lowest BCUT2D eigenvalue weighted by atomic mass is 9.75. The third-order valence-electron chi connectivity index (χ3n) is 9.25. The molecule has 0 unspecified atom stereocenters. The maximum absolute atomic E-state index is 10.3. The number of aromatic hydroxyl groups is 4. The summed E-state index contributed by atoms with van der Waals surface area (Å²) in [5, 5.41) is 71.4. The van der Waals surface area contributed by atoms with Crippen molar-refractivity contribution in [3.05, 3.63) is 115 Å². The molecule has 12 nitrogen and oxygen atoms in total. The smallest absolute Gasteiger partial charge is 0.137 e. The van der Waals surface area contributed by atoms with Gasteiger partial charge in [0.25, 0.3) is 0 Å². The Morgan fingerprint density at radius 3 is 0.760 bits per heavy atom. The molecule has 0 spiro atoms. The van der Waals surface area contributed by atoms with Gasteiger partial charge in [0.05, 0.1) is 22.3 Å². The number of hydrogen-bond donors (Lipinski definition) is 12. The van der Waals surface area contributed by atoms with Crippen LogP contribution in [0.15, 0.2) is 48.5 Å². The van der Waals surface area contributed by atoms with Gasteiger partial charge in [-0.05, 0) is 96.5 Å². The summed E-state index contributed by atoms with van der Waals surface area (Å²) in [6, 6.07) is 14.2. The molecule has 4 rings (SSSR count). The second-order valence-corrected chi connectivity index (χ2v) is 13.7. The van der Waals surface area contributed by atoms with E-state index in [4.69, 9.17) is 44.6 Å². The first-order valence-electron chi connectivity index (χ1n) is 15.7.